The summed E-state index contributed by atoms with van der Waals surface area (Å²) in [6.45, 7) is 2.56. The van der Waals surface area contributed by atoms with Gasteiger partial charge in [0.2, 0.25) is 0 Å². The summed E-state index contributed by atoms with van der Waals surface area (Å²) in [4.78, 5) is 15.8. The molecule has 0 unspecified atom stereocenters. The van der Waals surface area contributed by atoms with Crippen LogP contribution in [0.2, 0.25) is 0 Å². The van der Waals surface area contributed by atoms with E-state index in [4.69, 9.17) is 5.73 Å². The molecule has 2 aromatic heterocycles. The minimum absolute atomic E-state index is 0.0130. The largest absolute Gasteiger partial charge is 0.398 e. The summed E-state index contributed by atoms with van der Waals surface area (Å²) in [5.41, 5.74) is 6.24. The molecule has 5 nitrogen and oxygen atoms in total. The van der Waals surface area contributed by atoms with Crippen LogP contribution in [0.1, 0.15) is 12.2 Å². The van der Waals surface area contributed by atoms with E-state index in [-0.39, 0.29) is 5.56 Å². The van der Waals surface area contributed by atoms with E-state index in [0.29, 0.717) is 12.2 Å². The number of nitrogens with two attached hydrogens (primary N) is 1. The number of anilines is 1. The summed E-state index contributed by atoms with van der Waals surface area (Å²) >= 11 is 3.08. The highest BCUT2D eigenvalue weighted by molar-refractivity contribution is 8.00. The number of aryl methyl sites for hydroxylation is 2. The van der Waals surface area contributed by atoms with Crippen LogP contribution in [-0.2, 0) is 6.54 Å². The van der Waals surface area contributed by atoms with E-state index >= 15 is 0 Å². The van der Waals surface area contributed by atoms with Gasteiger partial charge in [0.25, 0.3) is 5.56 Å². The van der Waals surface area contributed by atoms with Crippen molar-refractivity contribution >= 4 is 29.0 Å². The smallest absolute Gasteiger partial charge is 0.250 e. The van der Waals surface area contributed by atoms with Gasteiger partial charge in [0.05, 0.1) is 0 Å². The molecule has 2 aromatic rings. The number of nitrogens with zero attached hydrogens (tertiary/aromatic N) is 3. The fourth-order valence-corrected chi connectivity index (χ4v) is 3.10. The molecule has 0 amide bonds. The Bertz CT molecular complexity index is 578. The predicted octanol–water partition coefficient (Wildman–Crippen LogP) is 1.77. The molecule has 0 saturated carbocycles. The fraction of sp³-hybridized carbons (Fsp3) is 0.364. The number of pyridine rings is 1. The first-order valence-corrected chi connectivity index (χ1v) is 7.30. The van der Waals surface area contributed by atoms with Crippen LogP contribution in [0.25, 0.3) is 0 Å². The molecule has 7 heteroatoms. The minimum atomic E-state index is -0.0130. The van der Waals surface area contributed by atoms with Crippen molar-refractivity contribution in [3.63, 3.8) is 0 Å². The maximum absolute atomic E-state index is 11.5. The van der Waals surface area contributed by atoms with Crippen LogP contribution in [-0.4, -0.2) is 19.7 Å². The van der Waals surface area contributed by atoms with E-state index in [1.54, 1.807) is 28.6 Å². The van der Waals surface area contributed by atoms with Gasteiger partial charge in [0.1, 0.15) is 5.82 Å². The molecule has 0 saturated heterocycles. The first kappa shape index (κ1) is 13.1. The minimum Gasteiger partial charge on any atom is -0.398 e. The monoisotopic (exact) mass is 282 g/mol. The Morgan fingerprint density at radius 3 is 3.06 bits per heavy atom. The van der Waals surface area contributed by atoms with Crippen LogP contribution < -0.4 is 11.3 Å². The van der Waals surface area contributed by atoms with Crippen LogP contribution in [0, 0.1) is 6.92 Å². The SMILES string of the molecule is Cc1nsc(SCCCn2cc(N)ccc2=O)n1. The molecule has 0 aliphatic carbocycles. The highest BCUT2D eigenvalue weighted by atomic mass is 32.2. The third-order valence-electron chi connectivity index (χ3n) is 2.28. The van der Waals surface area contributed by atoms with E-state index < -0.39 is 0 Å². The lowest BCUT2D eigenvalue weighted by Crippen LogP contribution is -2.19. The van der Waals surface area contributed by atoms with Crippen molar-refractivity contribution in [3.05, 3.63) is 34.5 Å². The molecule has 2 rings (SSSR count). The molecular formula is C11H14N4OS2. The number of hydrogen-bond acceptors (Lipinski definition) is 6. The quantitative estimate of drug-likeness (QED) is 0.668. The second-order valence-electron chi connectivity index (χ2n) is 3.80. The van der Waals surface area contributed by atoms with Gasteiger partial charge < -0.3 is 10.3 Å². The van der Waals surface area contributed by atoms with Crippen molar-refractivity contribution in [3.8, 4) is 0 Å². The maximum Gasteiger partial charge on any atom is 0.250 e. The van der Waals surface area contributed by atoms with Gasteiger partial charge in [-0.25, -0.2) is 4.98 Å². The first-order valence-electron chi connectivity index (χ1n) is 5.54. The van der Waals surface area contributed by atoms with E-state index in [9.17, 15) is 4.79 Å². The Morgan fingerprint density at radius 1 is 1.50 bits per heavy atom. The number of nitrogen functional groups attached to an aromatic ring is 1. The van der Waals surface area contributed by atoms with Gasteiger partial charge in [0, 0.05) is 30.2 Å². The lowest BCUT2D eigenvalue weighted by atomic mass is 10.4. The van der Waals surface area contributed by atoms with E-state index in [0.717, 1.165) is 22.3 Å². The van der Waals surface area contributed by atoms with Gasteiger partial charge >= 0.3 is 0 Å². The Labute approximate surface area is 113 Å². The second-order valence-corrected chi connectivity index (χ2v) is 5.90. The van der Waals surface area contributed by atoms with Crippen LogP contribution >= 0.6 is 23.3 Å². The third-order valence-corrected chi connectivity index (χ3v) is 4.30. The molecule has 0 atom stereocenters. The summed E-state index contributed by atoms with van der Waals surface area (Å²) in [5.74, 6) is 1.73. The van der Waals surface area contributed by atoms with Crippen molar-refractivity contribution in [1.82, 2.24) is 13.9 Å². The molecule has 0 bridgehead atoms. The number of rotatable bonds is 5. The molecule has 2 N–H and O–H groups in total. The van der Waals surface area contributed by atoms with Crippen molar-refractivity contribution in [1.29, 1.82) is 0 Å². The van der Waals surface area contributed by atoms with Crippen LogP contribution in [0.15, 0.2) is 27.5 Å². The summed E-state index contributed by atoms with van der Waals surface area (Å²) in [6.07, 6.45) is 2.58. The van der Waals surface area contributed by atoms with Crippen LogP contribution in [0.5, 0.6) is 0 Å². The molecule has 0 fully saturated rings. The Hall–Kier alpha value is -1.34. The third kappa shape index (κ3) is 3.58. The van der Waals surface area contributed by atoms with Gasteiger partial charge in [-0.05, 0) is 30.9 Å². The zero-order valence-corrected chi connectivity index (χ0v) is 11.6. The molecule has 2 heterocycles. The lowest BCUT2D eigenvalue weighted by Gasteiger charge is -2.05. The van der Waals surface area contributed by atoms with Gasteiger partial charge in [-0.2, -0.15) is 4.37 Å². The Balaban J connectivity index is 1.82. The van der Waals surface area contributed by atoms with Crippen molar-refractivity contribution < 1.29 is 0 Å². The molecule has 96 valence electrons. The van der Waals surface area contributed by atoms with Gasteiger partial charge in [0.15, 0.2) is 4.34 Å². The Kier molecular flexibility index (Phi) is 4.38. The fourth-order valence-electron chi connectivity index (χ4n) is 1.46. The van der Waals surface area contributed by atoms with Crippen molar-refractivity contribution in [2.24, 2.45) is 0 Å². The standard InChI is InChI=1S/C11H14N4OS2/c1-8-13-11(18-14-8)17-6-2-5-15-7-9(12)3-4-10(15)16/h3-4,7H,2,5-6,12H2,1H3. The molecule has 0 aliphatic heterocycles. The number of thioether (sulfide) groups is 1. The number of hydrogen-bond donors (Lipinski definition) is 1. The molecular weight excluding hydrogens is 268 g/mol. The molecule has 0 aliphatic rings. The van der Waals surface area contributed by atoms with E-state index in [1.165, 1.54) is 17.6 Å². The van der Waals surface area contributed by atoms with Crippen molar-refractivity contribution in [2.75, 3.05) is 11.5 Å². The average Bonchev–Trinajstić information content (AvgIpc) is 2.75. The first-order chi connectivity index (χ1) is 8.65. The molecule has 0 spiro atoms. The summed E-state index contributed by atoms with van der Waals surface area (Å²) in [7, 11) is 0. The summed E-state index contributed by atoms with van der Waals surface area (Å²) in [6, 6.07) is 3.12. The molecule has 0 radical (unpaired) electrons. The van der Waals surface area contributed by atoms with Crippen LogP contribution in [0.4, 0.5) is 5.69 Å². The van der Waals surface area contributed by atoms with Gasteiger partial charge in [-0.15, -0.1) is 0 Å². The highest BCUT2D eigenvalue weighted by Gasteiger charge is 2.01. The molecule has 0 aromatic carbocycles. The zero-order valence-electron chi connectivity index (χ0n) is 10.00. The highest BCUT2D eigenvalue weighted by Crippen LogP contribution is 2.20. The lowest BCUT2D eigenvalue weighted by molar-refractivity contribution is 0.660. The Morgan fingerprint density at radius 2 is 2.33 bits per heavy atom. The molecule has 18 heavy (non-hydrogen) atoms. The maximum atomic E-state index is 11.5. The second kappa shape index (κ2) is 6.01. The van der Waals surface area contributed by atoms with Gasteiger partial charge in [-0.1, -0.05) is 11.8 Å². The van der Waals surface area contributed by atoms with E-state index in [2.05, 4.69) is 9.36 Å². The van der Waals surface area contributed by atoms with Gasteiger partial charge in [-0.3, -0.25) is 4.79 Å². The predicted molar refractivity (Wildman–Crippen MR) is 75.1 cm³/mol. The summed E-state index contributed by atoms with van der Waals surface area (Å²) < 4.78 is 6.74. The van der Waals surface area contributed by atoms with Crippen molar-refractivity contribution in [2.45, 2.75) is 24.2 Å². The topological polar surface area (TPSA) is 73.8 Å². The zero-order chi connectivity index (χ0) is 13.0. The average molecular weight is 282 g/mol. The normalized spacial score (nSPS) is 10.7. The van der Waals surface area contributed by atoms with Crippen LogP contribution in [0.3, 0.4) is 0 Å². The number of aromatic nitrogens is 3. The summed E-state index contributed by atoms with van der Waals surface area (Å²) in [5, 5.41) is 0. The van der Waals surface area contributed by atoms with E-state index in [1.807, 2.05) is 6.92 Å².